The van der Waals surface area contributed by atoms with Gasteiger partial charge in [-0.2, -0.15) is 22.8 Å². The van der Waals surface area contributed by atoms with E-state index in [0.717, 1.165) is 4.68 Å². The third-order valence-electron chi connectivity index (χ3n) is 3.52. The molecule has 1 amide bonds. The molecule has 0 saturated carbocycles. The van der Waals surface area contributed by atoms with Crippen LogP contribution in [0, 0.1) is 6.92 Å². The number of aromatic nitrogens is 6. The summed E-state index contributed by atoms with van der Waals surface area (Å²) in [6.07, 6.45) is -4.05. The monoisotopic (exact) mass is 375 g/mol. The van der Waals surface area contributed by atoms with Crippen molar-refractivity contribution in [2.24, 2.45) is 0 Å². The van der Waals surface area contributed by atoms with Gasteiger partial charge in [-0.1, -0.05) is 13.3 Å². The number of carboxylic acid groups (broad SMARTS) is 1. The molecule has 0 aliphatic heterocycles. The average Bonchev–Trinajstić information content (AvgIpc) is 3.13. The predicted molar refractivity (Wildman–Crippen MR) is 79.5 cm³/mol. The number of amides is 1. The molecule has 13 heteroatoms. The number of aliphatic carboxylic acids is 1. The summed E-state index contributed by atoms with van der Waals surface area (Å²) >= 11 is 0. The molecule has 1 atom stereocenters. The lowest BCUT2D eigenvalue weighted by Gasteiger charge is -2.24. The third kappa shape index (κ3) is 3.81. The van der Waals surface area contributed by atoms with E-state index in [0.29, 0.717) is 6.42 Å². The second-order valence-electron chi connectivity index (χ2n) is 5.72. The normalized spacial score (nSPS) is 14.1. The fourth-order valence-corrected chi connectivity index (χ4v) is 2.18. The number of H-pyrrole nitrogens is 1. The number of nitrogens with zero attached hydrogens (tertiary/aromatic N) is 5. The highest BCUT2D eigenvalue weighted by molar-refractivity contribution is 5.94. The summed E-state index contributed by atoms with van der Waals surface area (Å²) in [5.41, 5.74) is -1.53. The molecule has 0 spiro atoms. The topological polar surface area (TPSA) is 139 Å². The number of halogens is 3. The Hall–Kier alpha value is -2.99. The molecular weight excluding hydrogens is 359 g/mol. The zero-order chi connectivity index (χ0) is 19.7. The number of aryl methyl sites for hydroxylation is 1. The van der Waals surface area contributed by atoms with Crippen molar-refractivity contribution in [2.75, 3.05) is 0 Å². The number of aromatic amines is 1. The number of carbonyl (C=O) groups is 2. The maximum Gasteiger partial charge on any atom is 0.451 e. The molecule has 1 unspecified atom stereocenters. The van der Waals surface area contributed by atoms with Gasteiger partial charge in [0.2, 0.25) is 11.6 Å². The van der Waals surface area contributed by atoms with Gasteiger partial charge in [0.1, 0.15) is 11.4 Å². The first kappa shape index (κ1) is 19.3. The predicted octanol–water partition coefficient (Wildman–Crippen LogP) is 1.09. The Balaban J connectivity index is 2.28. The Morgan fingerprint density at radius 1 is 1.31 bits per heavy atom. The van der Waals surface area contributed by atoms with Crippen LogP contribution in [-0.4, -0.2) is 52.5 Å². The quantitative estimate of drug-likeness (QED) is 0.687. The number of alkyl halides is 3. The molecule has 0 aliphatic rings. The van der Waals surface area contributed by atoms with Gasteiger partial charge in [0.25, 0.3) is 11.9 Å². The van der Waals surface area contributed by atoms with Crippen molar-refractivity contribution in [3.8, 4) is 5.95 Å². The van der Waals surface area contributed by atoms with Crippen molar-refractivity contribution in [2.45, 2.75) is 45.3 Å². The van der Waals surface area contributed by atoms with Crippen LogP contribution in [-0.2, 0) is 11.0 Å². The van der Waals surface area contributed by atoms with E-state index in [1.807, 2.05) is 0 Å². The second-order valence-corrected chi connectivity index (χ2v) is 5.72. The highest BCUT2D eigenvalue weighted by Crippen LogP contribution is 2.26. The van der Waals surface area contributed by atoms with Crippen LogP contribution in [0.1, 0.15) is 49.0 Å². The minimum atomic E-state index is -4.72. The van der Waals surface area contributed by atoms with Crippen molar-refractivity contribution in [1.29, 1.82) is 0 Å². The Bertz CT molecular complexity index is 829. The smallest absolute Gasteiger partial charge is 0.451 e. The first-order chi connectivity index (χ1) is 12.0. The number of hydrogen-bond acceptors (Lipinski definition) is 6. The van der Waals surface area contributed by atoms with Crippen molar-refractivity contribution in [3.05, 3.63) is 17.5 Å². The molecule has 3 N–H and O–H groups in total. The van der Waals surface area contributed by atoms with Crippen molar-refractivity contribution in [3.63, 3.8) is 0 Å². The van der Waals surface area contributed by atoms with Gasteiger partial charge in [0.05, 0.1) is 0 Å². The van der Waals surface area contributed by atoms with Crippen LogP contribution in [0.4, 0.5) is 13.2 Å². The fourth-order valence-electron chi connectivity index (χ4n) is 2.18. The maximum atomic E-state index is 12.6. The highest BCUT2D eigenvalue weighted by Gasteiger charge is 2.37. The van der Waals surface area contributed by atoms with E-state index in [9.17, 15) is 27.9 Å². The molecule has 2 aromatic rings. The summed E-state index contributed by atoms with van der Waals surface area (Å²) < 4.78 is 38.6. The molecule has 0 saturated heterocycles. The first-order valence-corrected chi connectivity index (χ1v) is 7.47. The zero-order valence-electron chi connectivity index (χ0n) is 14.0. The van der Waals surface area contributed by atoms with Crippen LogP contribution >= 0.6 is 0 Å². The summed E-state index contributed by atoms with van der Waals surface area (Å²) in [7, 11) is 0. The van der Waals surface area contributed by atoms with E-state index < -0.39 is 41.2 Å². The molecule has 2 aromatic heterocycles. The summed E-state index contributed by atoms with van der Waals surface area (Å²) in [4.78, 5) is 30.7. The fraction of sp³-hybridized carbons (Fsp3) is 0.538. The molecule has 0 bridgehead atoms. The van der Waals surface area contributed by atoms with Crippen LogP contribution in [0.2, 0.25) is 0 Å². The van der Waals surface area contributed by atoms with Gasteiger partial charge < -0.3 is 10.4 Å². The van der Waals surface area contributed by atoms with Gasteiger partial charge in [-0.25, -0.2) is 9.78 Å². The Morgan fingerprint density at radius 2 is 1.96 bits per heavy atom. The van der Waals surface area contributed by atoms with Gasteiger partial charge in [-0.3, -0.25) is 9.89 Å². The lowest BCUT2D eigenvalue weighted by Crippen LogP contribution is -2.52. The van der Waals surface area contributed by atoms with E-state index in [-0.39, 0.29) is 12.2 Å². The maximum absolute atomic E-state index is 12.6. The zero-order valence-corrected chi connectivity index (χ0v) is 14.0. The molecule has 2 heterocycles. The molecule has 0 fully saturated rings. The Labute approximate surface area is 144 Å². The summed E-state index contributed by atoms with van der Waals surface area (Å²) in [6, 6.07) is 0. The third-order valence-corrected chi connectivity index (χ3v) is 3.52. The van der Waals surface area contributed by atoms with Crippen molar-refractivity contribution in [1.82, 2.24) is 35.3 Å². The van der Waals surface area contributed by atoms with Crippen LogP contribution in [0.25, 0.3) is 5.95 Å². The van der Waals surface area contributed by atoms with Crippen molar-refractivity contribution >= 4 is 11.9 Å². The lowest BCUT2D eigenvalue weighted by molar-refractivity contribution is -0.145. The minimum absolute atomic E-state index is 0.0513. The van der Waals surface area contributed by atoms with Gasteiger partial charge >= 0.3 is 12.1 Å². The van der Waals surface area contributed by atoms with Gasteiger partial charge in [-0.05, 0) is 20.3 Å². The first-order valence-electron chi connectivity index (χ1n) is 7.47. The molecule has 0 radical (unpaired) electrons. The standard InChI is InChI=1S/C13H16F3N7O3/c1-4-5-12(3,10(25)26)19-8(24)7-17-6(2)23(22-7)11-18-9(20-21-11)13(14,15)16/h4-5H2,1-3H3,(H,19,24)(H,25,26)(H,18,20,21). The molecule has 10 nitrogen and oxygen atoms in total. The largest absolute Gasteiger partial charge is 0.480 e. The van der Waals surface area contributed by atoms with Crippen molar-refractivity contribution < 1.29 is 27.9 Å². The van der Waals surface area contributed by atoms with Crippen LogP contribution in [0.5, 0.6) is 0 Å². The number of rotatable bonds is 6. The number of carboxylic acids is 1. The molecule has 142 valence electrons. The summed E-state index contributed by atoms with van der Waals surface area (Å²) in [5, 5.41) is 20.5. The summed E-state index contributed by atoms with van der Waals surface area (Å²) in [5.74, 6) is -4.24. The lowest BCUT2D eigenvalue weighted by atomic mass is 9.96. The number of hydrogen-bond donors (Lipinski definition) is 3. The van der Waals surface area contributed by atoms with E-state index in [1.165, 1.54) is 13.8 Å². The minimum Gasteiger partial charge on any atom is -0.480 e. The average molecular weight is 375 g/mol. The molecule has 0 aliphatic carbocycles. The number of nitrogens with one attached hydrogen (secondary N) is 2. The molecule has 0 aromatic carbocycles. The highest BCUT2D eigenvalue weighted by atomic mass is 19.4. The van der Waals surface area contributed by atoms with E-state index in [2.05, 4.69) is 25.5 Å². The van der Waals surface area contributed by atoms with E-state index >= 15 is 0 Å². The Morgan fingerprint density at radius 3 is 2.46 bits per heavy atom. The second kappa shape index (κ2) is 6.72. The van der Waals surface area contributed by atoms with E-state index in [1.54, 1.807) is 12.0 Å². The van der Waals surface area contributed by atoms with Crippen LogP contribution in [0.3, 0.4) is 0 Å². The molecular formula is C13H16F3N7O3. The van der Waals surface area contributed by atoms with Crippen LogP contribution < -0.4 is 5.32 Å². The van der Waals surface area contributed by atoms with Gasteiger partial charge in [-0.15, -0.1) is 10.2 Å². The van der Waals surface area contributed by atoms with Gasteiger partial charge in [0.15, 0.2) is 0 Å². The van der Waals surface area contributed by atoms with Gasteiger partial charge in [0, 0.05) is 0 Å². The Kier molecular flexibility index (Phi) is 5.00. The SMILES string of the molecule is CCCC(C)(NC(=O)c1nc(C)n(-c2n[nH]c(C(F)(F)F)n2)n1)C(=O)O. The number of carbonyl (C=O) groups excluding carboxylic acids is 1. The summed E-state index contributed by atoms with van der Waals surface area (Å²) in [6.45, 7) is 4.48. The molecule has 26 heavy (non-hydrogen) atoms. The molecule has 2 rings (SSSR count). The van der Waals surface area contributed by atoms with Crippen LogP contribution in [0.15, 0.2) is 0 Å². The van der Waals surface area contributed by atoms with E-state index in [4.69, 9.17) is 0 Å².